The minimum atomic E-state index is 0.596. The minimum Gasteiger partial charge on any atom is -0.383 e. The van der Waals surface area contributed by atoms with Gasteiger partial charge in [-0.05, 0) is 5.92 Å². The molecule has 0 aliphatic rings. The summed E-state index contributed by atoms with van der Waals surface area (Å²) in [5.41, 5.74) is 0. The summed E-state index contributed by atoms with van der Waals surface area (Å²) in [6.45, 7) is 5.71. The Labute approximate surface area is 95.2 Å². The number of nitriles is 1. The smallest absolute Gasteiger partial charge is 0.0635 e. The van der Waals surface area contributed by atoms with E-state index in [0.29, 0.717) is 12.3 Å². The van der Waals surface area contributed by atoms with E-state index in [0.717, 1.165) is 31.6 Å². The molecule has 0 rings (SSSR count). The van der Waals surface area contributed by atoms with Crippen LogP contribution in [0.25, 0.3) is 0 Å². The number of hydrogen-bond acceptors (Lipinski definition) is 3. The number of alkyl halides is 1. The fourth-order valence-corrected chi connectivity index (χ4v) is 1.42. The van der Waals surface area contributed by atoms with E-state index < -0.39 is 0 Å². The van der Waals surface area contributed by atoms with Crippen LogP contribution in [0.1, 0.15) is 13.3 Å². The molecule has 0 spiro atoms. The lowest BCUT2D eigenvalue weighted by Gasteiger charge is -2.23. The van der Waals surface area contributed by atoms with Gasteiger partial charge in [0.15, 0.2) is 0 Å². The Balaban J connectivity index is 3.78. The molecule has 0 fully saturated rings. The molecular formula is C10H19BrN2O. The van der Waals surface area contributed by atoms with Crippen LogP contribution >= 0.6 is 15.9 Å². The molecule has 0 radical (unpaired) electrons. The number of hydrogen-bond donors (Lipinski definition) is 0. The molecule has 14 heavy (non-hydrogen) atoms. The molecule has 0 saturated carbocycles. The van der Waals surface area contributed by atoms with Gasteiger partial charge in [-0.15, -0.1) is 0 Å². The van der Waals surface area contributed by atoms with Gasteiger partial charge in [-0.2, -0.15) is 5.26 Å². The van der Waals surface area contributed by atoms with Crippen LogP contribution in [0.5, 0.6) is 0 Å². The number of nitrogens with zero attached hydrogens (tertiary/aromatic N) is 2. The third-order valence-corrected chi connectivity index (χ3v) is 3.09. The molecule has 0 aromatic rings. The molecule has 0 aromatic heterocycles. The van der Waals surface area contributed by atoms with Crippen molar-refractivity contribution in [3.8, 4) is 6.07 Å². The second kappa shape index (κ2) is 9.45. The summed E-state index contributed by atoms with van der Waals surface area (Å²) in [6, 6.07) is 2.17. The van der Waals surface area contributed by atoms with E-state index in [2.05, 4.69) is 33.8 Å². The first-order valence-electron chi connectivity index (χ1n) is 4.88. The lowest BCUT2D eigenvalue weighted by molar-refractivity contribution is 0.142. The van der Waals surface area contributed by atoms with Crippen LogP contribution in [0.2, 0.25) is 0 Å². The zero-order valence-corrected chi connectivity index (χ0v) is 10.6. The molecule has 1 atom stereocenters. The molecule has 3 nitrogen and oxygen atoms in total. The first-order chi connectivity index (χ1) is 6.74. The van der Waals surface area contributed by atoms with Crippen molar-refractivity contribution < 1.29 is 4.74 Å². The standard InChI is InChI=1S/C10H19BrN2O/c1-10(8-11)9-13(5-3-4-12)6-7-14-2/h10H,3,5-9H2,1-2H3. The molecule has 0 N–H and O–H groups in total. The number of halogens is 1. The maximum atomic E-state index is 8.51. The topological polar surface area (TPSA) is 36.3 Å². The molecule has 0 aromatic carbocycles. The van der Waals surface area contributed by atoms with Crippen LogP contribution in [0.3, 0.4) is 0 Å². The van der Waals surface area contributed by atoms with E-state index in [9.17, 15) is 0 Å². The van der Waals surface area contributed by atoms with E-state index >= 15 is 0 Å². The fourth-order valence-electron chi connectivity index (χ4n) is 1.21. The van der Waals surface area contributed by atoms with Crippen molar-refractivity contribution in [2.45, 2.75) is 13.3 Å². The highest BCUT2D eigenvalue weighted by Gasteiger charge is 2.08. The summed E-state index contributed by atoms with van der Waals surface area (Å²) in [4.78, 5) is 2.28. The second-order valence-corrected chi connectivity index (χ2v) is 4.11. The van der Waals surface area contributed by atoms with Gasteiger partial charge in [0.25, 0.3) is 0 Å². The van der Waals surface area contributed by atoms with Crippen molar-refractivity contribution in [2.75, 3.05) is 38.7 Å². The molecule has 0 aliphatic carbocycles. The van der Waals surface area contributed by atoms with Crippen molar-refractivity contribution in [1.29, 1.82) is 5.26 Å². The third kappa shape index (κ3) is 7.31. The van der Waals surface area contributed by atoms with Gasteiger partial charge >= 0.3 is 0 Å². The van der Waals surface area contributed by atoms with Crippen molar-refractivity contribution in [1.82, 2.24) is 4.90 Å². The van der Waals surface area contributed by atoms with Gasteiger partial charge in [0, 0.05) is 38.5 Å². The zero-order valence-electron chi connectivity index (χ0n) is 9.00. The van der Waals surface area contributed by atoms with Crippen molar-refractivity contribution in [2.24, 2.45) is 5.92 Å². The summed E-state index contributed by atoms with van der Waals surface area (Å²) < 4.78 is 5.03. The highest BCUT2D eigenvalue weighted by Crippen LogP contribution is 2.04. The predicted molar refractivity (Wildman–Crippen MR) is 61.5 cm³/mol. The molecule has 4 heteroatoms. The van der Waals surface area contributed by atoms with Gasteiger partial charge < -0.3 is 4.74 Å². The van der Waals surface area contributed by atoms with E-state index in [4.69, 9.17) is 10.00 Å². The third-order valence-electron chi connectivity index (χ3n) is 1.98. The quantitative estimate of drug-likeness (QED) is 0.627. The summed E-state index contributed by atoms with van der Waals surface area (Å²) in [7, 11) is 1.70. The van der Waals surface area contributed by atoms with Crippen LogP contribution in [-0.4, -0.2) is 43.6 Å². The van der Waals surface area contributed by atoms with E-state index in [-0.39, 0.29) is 0 Å². The fraction of sp³-hybridized carbons (Fsp3) is 0.900. The van der Waals surface area contributed by atoms with Crippen LogP contribution < -0.4 is 0 Å². The summed E-state index contributed by atoms with van der Waals surface area (Å²) >= 11 is 3.46. The Morgan fingerprint density at radius 1 is 1.50 bits per heavy atom. The van der Waals surface area contributed by atoms with Crippen molar-refractivity contribution in [3.63, 3.8) is 0 Å². The Morgan fingerprint density at radius 2 is 2.21 bits per heavy atom. The highest BCUT2D eigenvalue weighted by molar-refractivity contribution is 9.09. The monoisotopic (exact) mass is 262 g/mol. The summed E-state index contributed by atoms with van der Waals surface area (Å²) in [6.07, 6.45) is 0.596. The number of rotatable bonds is 8. The van der Waals surface area contributed by atoms with E-state index in [1.165, 1.54) is 0 Å². The first-order valence-corrected chi connectivity index (χ1v) is 6.01. The maximum absolute atomic E-state index is 8.51. The molecule has 0 amide bonds. The number of methoxy groups -OCH3 is 1. The molecule has 0 bridgehead atoms. The minimum absolute atomic E-state index is 0.596. The molecule has 82 valence electrons. The lowest BCUT2D eigenvalue weighted by Crippen LogP contribution is -2.33. The average Bonchev–Trinajstić information content (AvgIpc) is 2.21. The van der Waals surface area contributed by atoms with Crippen LogP contribution in [0.15, 0.2) is 0 Å². The van der Waals surface area contributed by atoms with Crippen molar-refractivity contribution >= 4 is 15.9 Å². The Kier molecular flexibility index (Phi) is 9.37. The van der Waals surface area contributed by atoms with Gasteiger partial charge in [0.2, 0.25) is 0 Å². The number of ether oxygens (including phenoxy) is 1. The predicted octanol–water partition coefficient (Wildman–Crippen LogP) is 1.88. The van der Waals surface area contributed by atoms with Gasteiger partial charge in [-0.1, -0.05) is 22.9 Å². The molecule has 0 aliphatic heterocycles. The van der Waals surface area contributed by atoms with E-state index in [1.54, 1.807) is 7.11 Å². The average molecular weight is 263 g/mol. The largest absolute Gasteiger partial charge is 0.383 e. The summed E-state index contributed by atoms with van der Waals surface area (Å²) in [5.74, 6) is 0.616. The molecular weight excluding hydrogens is 244 g/mol. The molecule has 0 heterocycles. The molecule has 1 unspecified atom stereocenters. The normalized spacial score (nSPS) is 12.8. The van der Waals surface area contributed by atoms with Crippen LogP contribution in [0.4, 0.5) is 0 Å². The van der Waals surface area contributed by atoms with Crippen LogP contribution in [-0.2, 0) is 4.74 Å². The van der Waals surface area contributed by atoms with E-state index in [1.807, 2.05) is 0 Å². The molecule has 0 saturated heterocycles. The van der Waals surface area contributed by atoms with Crippen molar-refractivity contribution in [3.05, 3.63) is 0 Å². The second-order valence-electron chi connectivity index (χ2n) is 3.46. The Bertz CT molecular complexity index is 170. The van der Waals surface area contributed by atoms with Gasteiger partial charge in [-0.3, -0.25) is 4.90 Å². The van der Waals surface area contributed by atoms with Crippen LogP contribution in [0, 0.1) is 17.2 Å². The lowest BCUT2D eigenvalue weighted by atomic mass is 10.2. The van der Waals surface area contributed by atoms with Gasteiger partial charge in [0.05, 0.1) is 12.7 Å². The maximum Gasteiger partial charge on any atom is 0.0635 e. The SMILES string of the molecule is COCCN(CCC#N)CC(C)CBr. The van der Waals surface area contributed by atoms with Gasteiger partial charge in [0.1, 0.15) is 0 Å². The Morgan fingerprint density at radius 3 is 2.71 bits per heavy atom. The summed E-state index contributed by atoms with van der Waals surface area (Å²) in [5, 5.41) is 9.52. The first kappa shape index (κ1) is 13.9. The zero-order chi connectivity index (χ0) is 10.8. The van der Waals surface area contributed by atoms with Gasteiger partial charge in [-0.25, -0.2) is 0 Å². The highest BCUT2D eigenvalue weighted by atomic mass is 79.9. The Hall–Kier alpha value is -0.110.